The summed E-state index contributed by atoms with van der Waals surface area (Å²) in [7, 11) is 6.30. The first-order chi connectivity index (χ1) is 12.6. The van der Waals surface area contributed by atoms with Gasteiger partial charge in [0.25, 0.3) is 0 Å². The van der Waals surface area contributed by atoms with E-state index < -0.39 is 0 Å². The van der Waals surface area contributed by atoms with Crippen LogP contribution >= 0.6 is 0 Å². The van der Waals surface area contributed by atoms with Crippen molar-refractivity contribution in [2.24, 2.45) is 0 Å². The molecule has 0 aliphatic heterocycles. The van der Waals surface area contributed by atoms with E-state index in [1.165, 1.54) is 0 Å². The fourth-order valence-electron chi connectivity index (χ4n) is 2.44. The Morgan fingerprint density at radius 2 is 1.58 bits per heavy atom. The minimum Gasteiger partial charge on any atom is -0.497 e. The molecule has 0 bridgehead atoms. The summed E-state index contributed by atoms with van der Waals surface area (Å²) in [6.07, 6.45) is 2.11. The molecule has 0 saturated carbocycles. The zero-order chi connectivity index (χ0) is 18.9. The summed E-state index contributed by atoms with van der Waals surface area (Å²) in [5, 5.41) is 12.6. The Hall–Kier alpha value is -3.33. The zero-order valence-electron chi connectivity index (χ0n) is 15.3. The van der Waals surface area contributed by atoms with Gasteiger partial charge in [-0.25, -0.2) is 0 Å². The van der Waals surface area contributed by atoms with E-state index in [1.807, 2.05) is 36.4 Å². The zero-order valence-corrected chi connectivity index (χ0v) is 15.3. The second-order valence-corrected chi connectivity index (χ2v) is 5.36. The van der Waals surface area contributed by atoms with Crippen molar-refractivity contribution >= 4 is 5.69 Å². The van der Waals surface area contributed by atoms with Gasteiger partial charge in [0, 0.05) is 23.9 Å². The molecule has 0 aliphatic rings. The van der Waals surface area contributed by atoms with Crippen LogP contribution < -0.4 is 24.3 Å². The van der Waals surface area contributed by atoms with Gasteiger partial charge in [0.1, 0.15) is 5.75 Å². The van der Waals surface area contributed by atoms with Gasteiger partial charge in [-0.05, 0) is 42.0 Å². The van der Waals surface area contributed by atoms with E-state index >= 15 is 0 Å². The third-order valence-corrected chi connectivity index (χ3v) is 3.77. The van der Waals surface area contributed by atoms with Crippen LogP contribution in [-0.2, 0) is 6.42 Å². The number of nitrogens with zero attached hydrogens (tertiary/aromatic N) is 1. The number of methoxy groups -OCH3 is 4. The lowest BCUT2D eigenvalue weighted by molar-refractivity contribution is 0.324. The van der Waals surface area contributed by atoms with Crippen molar-refractivity contribution in [2.45, 2.75) is 6.42 Å². The fourth-order valence-corrected chi connectivity index (χ4v) is 2.44. The van der Waals surface area contributed by atoms with Crippen LogP contribution in [-0.4, -0.2) is 28.4 Å². The van der Waals surface area contributed by atoms with Gasteiger partial charge in [-0.3, -0.25) is 0 Å². The Morgan fingerprint density at radius 1 is 0.962 bits per heavy atom. The SMILES string of the molecule is COc1ccc(NC=C(C#N)Cc2cc(OC)c(OC)c(OC)c2)cc1. The summed E-state index contributed by atoms with van der Waals surface area (Å²) in [6, 6.07) is 13.3. The molecule has 0 aliphatic carbocycles. The van der Waals surface area contributed by atoms with Crippen molar-refractivity contribution in [2.75, 3.05) is 33.8 Å². The molecular formula is C20H22N2O4. The maximum absolute atomic E-state index is 9.44. The molecule has 0 atom stereocenters. The topological polar surface area (TPSA) is 72.7 Å². The van der Waals surface area contributed by atoms with E-state index in [0.717, 1.165) is 17.0 Å². The van der Waals surface area contributed by atoms with Crippen molar-refractivity contribution in [3.63, 3.8) is 0 Å². The molecule has 0 saturated heterocycles. The molecule has 0 aromatic heterocycles. The van der Waals surface area contributed by atoms with Crippen molar-refractivity contribution < 1.29 is 18.9 Å². The lowest BCUT2D eigenvalue weighted by Crippen LogP contribution is -1.99. The first kappa shape index (κ1) is 19.0. The summed E-state index contributed by atoms with van der Waals surface area (Å²) < 4.78 is 21.1. The molecule has 2 rings (SSSR count). The van der Waals surface area contributed by atoms with Gasteiger partial charge in [-0.2, -0.15) is 5.26 Å². The Morgan fingerprint density at radius 3 is 2.04 bits per heavy atom. The molecule has 136 valence electrons. The lowest BCUT2D eigenvalue weighted by atomic mass is 10.1. The van der Waals surface area contributed by atoms with E-state index in [9.17, 15) is 5.26 Å². The van der Waals surface area contributed by atoms with Crippen molar-refractivity contribution in [1.29, 1.82) is 5.26 Å². The number of hydrogen-bond acceptors (Lipinski definition) is 6. The summed E-state index contributed by atoms with van der Waals surface area (Å²) in [6.45, 7) is 0. The number of ether oxygens (including phenoxy) is 4. The van der Waals surface area contributed by atoms with Crippen LogP contribution in [0.2, 0.25) is 0 Å². The van der Waals surface area contributed by atoms with Gasteiger partial charge in [0.2, 0.25) is 5.75 Å². The van der Waals surface area contributed by atoms with E-state index in [2.05, 4.69) is 11.4 Å². The van der Waals surface area contributed by atoms with Crippen LogP contribution in [0.25, 0.3) is 0 Å². The Labute approximate surface area is 153 Å². The molecule has 2 aromatic rings. The van der Waals surface area contributed by atoms with Crippen LogP contribution in [0, 0.1) is 11.3 Å². The second kappa shape index (κ2) is 9.23. The number of nitrogens with one attached hydrogen (secondary N) is 1. The highest BCUT2D eigenvalue weighted by atomic mass is 16.5. The molecule has 6 nitrogen and oxygen atoms in total. The summed E-state index contributed by atoms with van der Waals surface area (Å²) in [5.74, 6) is 2.42. The molecule has 1 N–H and O–H groups in total. The third-order valence-electron chi connectivity index (χ3n) is 3.77. The number of rotatable bonds is 8. The first-order valence-electron chi connectivity index (χ1n) is 7.93. The molecule has 0 radical (unpaired) electrons. The minimum atomic E-state index is 0.427. The molecule has 6 heteroatoms. The highest BCUT2D eigenvalue weighted by molar-refractivity contribution is 5.55. The number of allylic oxidation sites excluding steroid dienone is 1. The quantitative estimate of drug-likeness (QED) is 0.727. The van der Waals surface area contributed by atoms with Crippen molar-refractivity contribution in [3.8, 4) is 29.1 Å². The molecular weight excluding hydrogens is 332 g/mol. The van der Waals surface area contributed by atoms with Crippen LogP contribution in [0.1, 0.15) is 5.56 Å². The van der Waals surface area contributed by atoms with Crippen LogP contribution in [0.15, 0.2) is 48.2 Å². The van der Waals surface area contributed by atoms with E-state index in [0.29, 0.717) is 29.2 Å². The lowest BCUT2D eigenvalue weighted by Gasteiger charge is -2.14. The predicted octanol–water partition coefficient (Wildman–Crippen LogP) is 3.78. The molecule has 0 spiro atoms. The largest absolute Gasteiger partial charge is 0.497 e. The molecule has 2 aromatic carbocycles. The third kappa shape index (κ3) is 4.61. The second-order valence-electron chi connectivity index (χ2n) is 5.36. The number of hydrogen-bond donors (Lipinski definition) is 1. The first-order valence-corrected chi connectivity index (χ1v) is 7.93. The molecule has 0 heterocycles. The maximum Gasteiger partial charge on any atom is 0.203 e. The number of anilines is 1. The van der Waals surface area contributed by atoms with E-state index in [4.69, 9.17) is 18.9 Å². The monoisotopic (exact) mass is 354 g/mol. The molecule has 0 unspecified atom stereocenters. The Kier molecular flexibility index (Phi) is 6.75. The predicted molar refractivity (Wildman–Crippen MR) is 100 cm³/mol. The van der Waals surface area contributed by atoms with E-state index in [1.54, 1.807) is 34.6 Å². The van der Waals surface area contributed by atoms with Gasteiger partial charge < -0.3 is 24.3 Å². The normalized spacial score (nSPS) is 10.7. The standard InChI is InChI=1S/C20H22N2O4/c1-23-17-7-5-16(6-8-17)22-13-15(12-21)9-14-10-18(24-2)20(26-4)19(11-14)25-3/h5-8,10-11,13,22H,9H2,1-4H3. The average Bonchev–Trinajstić information content (AvgIpc) is 2.70. The summed E-state index contributed by atoms with van der Waals surface area (Å²) in [5.41, 5.74) is 2.31. The highest BCUT2D eigenvalue weighted by Gasteiger charge is 2.13. The van der Waals surface area contributed by atoms with Gasteiger partial charge in [-0.15, -0.1) is 0 Å². The van der Waals surface area contributed by atoms with Crippen LogP contribution in [0.3, 0.4) is 0 Å². The van der Waals surface area contributed by atoms with Gasteiger partial charge in [0.15, 0.2) is 11.5 Å². The van der Waals surface area contributed by atoms with Crippen molar-refractivity contribution in [1.82, 2.24) is 0 Å². The molecule has 26 heavy (non-hydrogen) atoms. The average molecular weight is 354 g/mol. The number of nitriles is 1. The van der Waals surface area contributed by atoms with Crippen LogP contribution in [0.4, 0.5) is 5.69 Å². The number of benzene rings is 2. The molecule has 0 fully saturated rings. The Bertz CT molecular complexity index is 783. The van der Waals surface area contributed by atoms with Crippen molar-refractivity contribution in [3.05, 3.63) is 53.7 Å². The van der Waals surface area contributed by atoms with Gasteiger partial charge >= 0.3 is 0 Å². The van der Waals surface area contributed by atoms with Gasteiger partial charge in [0.05, 0.1) is 34.5 Å². The summed E-state index contributed by atoms with van der Waals surface area (Å²) in [4.78, 5) is 0. The summed E-state index contributed by atoms with van der Waals surface area (Å²) >= 11 is 0. The minimum absolute atomic E-state index is 0.427. The van der Waals surface area contributed by atoms with E-state index in [-0.39, 0.29) is 0 Å². The highest BCUT2D eigenvalue weighted by Crippen LogP contribution is 2.38. The fraction of sp³-hybridized carbons (Fsp3) is 0.250. The smallest absolute Gasteiger partial charge is 0.203 e. The van der Waals surface area contributed by atoms with Crippen LogP contribution in [0.5, 0.6) is 23.0 Å². The molecule has 0 amide bonds. The maximum atomic E-state index is 9.44. The Balaban J connectivity index is 2.19. The van der Waals surface area contributed by atoms with Gasteiger partial charge in [-0.1, -0.05) is 0 Å².